The molecule has 0 radical (unpaired) electrons. The molecular formula is C14H20N2O2. The van der Waals surface area contributed by atoms with Crippen molar-refractivity contribution in [1.82, 2.24) is 10.3 Å². The maximum absolute atomic E-state index is 11.9. The summed E-state index contributed by atoms with van der Waals surface area (Å²) in [6, 6.07) is 5.89. The van der Waals surface area contributed by atoms with Gasteiger partial charge in [0, 0.05) is 25.0 Å². The quantitative estimate of drug-likeness (QED) is 0.807. The Labute approximate surface area is 108 Å². The number of nitrogens with one attached hydrogen (secondary N) is 1. The van der Waals surface area contributed by atoms with Crippen LogP contribution in [0.1, 0.15) is 31.9 Å². The molecule has 2 rings (SSSR count). The Morgan fingerprint density at radius 1 is 1.56 bits per heavy atom. The zero-order chi connectivity index (χ0) is 12.8. The minimum Gasteiger partial charge on any atom is -0.365 e. The van der Waals surface area contributed by atoms with E-state index in [1.54, 1.807) is 6.20 Å². The molecule has 1 aromatic heterocycles. The second-order valence-electron chi connectivity index (χ2n) is 4.86. The summed E-state index contributed by atoms with van der Waals surface area (Å²) >= 11 is 0. The van der Waals surface area contributed by atoms with Crippen molar-refractivity contribution in [3.05, 3.63) is 30.1 Å². The van der Waals surface area contributed by atoms with Gasteiger partial charge >= 0.3 is 0 Å². The van der Waals surface area contributed by atoms with Crippen LogP contribution in [0, 0.1) is 0 Å². The van der Waals surface area contributed by atoms with Crippen LogP contribution in [0.3, 0.4) is 0 Å². The van der Waals surface area contributed by atoms with Gasteiger partial charge in [0.05, 0.1) is 0 Å². The fraction of sp³-hybridized carbons (Fsp3) is 0.571. The highest BCUT2D eigenvalue weighted by Crippen LogP contribution is 2.24. The Balaban J connectivity index is 1.68. The maximum Gasteiger partial charge on any atom is 0.251 e. The van der Waals surface area contributed by atoms with Crippen molar-refractivity contribution >= 4 is 5.91 Å². The summed E-state index contributed by atoms with van der Waals surface area (Å²) < 4.78 is 5.49. The Morgan fingerprint density at radius 3 is 3.11 bits per heavy atom. The maximum atomic E-state index is 11.9. The molecule has 0 spiro atoms. The van der Waals surface area contributed by atoms with Gasteiger partial charge in [-0.3, -0.25) is 9.78 Å². The summed E-state index contributed by atoms with van der Waals surface area (Å²) in [5.41, 5.74) is 0.459. The van der Waals surface area contributed by atoms with Gasteiger partial charge in [-0.05, 0) is 44.7 Å². The van der Waals surface area contributed by atoms with E-state index in [-0.39, 0.29) is 5.91 Å². The van der Waals surface area contributed by atoms with E-state index >= 15 is 0 Å². The molecule has 0 unspecified atom stereocenters. The third kappa shape index (κ3) is 3.29. The van der Waals surface area contributed by atoms with Gasteiger partial charge in [0.2, 0.25) is 0 Å². The van der Waals surface area contributed by atoms with E-state index in [9.17, 15) is 4.79 Å². The van der Waals surface area contributed by atoms with E-state index in [0.717, 1.165) is 31.4 Å². The van der Waals surface area contributed by atoms with Gasteiger partial charge in [-0.1, -0.05) is 6.07 Å². The fourth-order valence-corrected chi connectivity index (χ4v) is 2.16. The topological polar surface area (TPSA) is 51.2 Å². The molecule has 2 heterocycles. The third-order valence-electron chi connectivity index (χ3n) is 3.32. The van der Waals surface area contributed by atoms with Crippen molar-refractivity contribution in [2.24, 2.45) is 0 Å². The number of hydrogen-bond donors (Lipinski definition) is 1. The minimum atomic E-state index is -0.606. The highest BCUT2D eigenvalue weighted by Gasteiger charge is 2.37. The van der Waals surface area contributed by atoms with Crippen LogP contribution in [0.2, 0.25) is 0 Å². The minimum absolute atomic E-state index is 0.0148. The summed E-state index contributed by atoms with van der Waals surface area (Å²) in [6.45, 7) is 3.24. The normalized spacial score (nSPS) is 22.9. The molecule has 18 heavy (non-hydrogen) atoms. The highest BCUT2D eigenvalue weighted by atomic mass is 16.5. The first-order valence-corrected chi connectivity index (χ1v) is 6.53. The first-order chi connectivity index (χ1) is 8.71. The monoisotopic (exact) mass is 248 g/mol. The van der Waals surface area contributed by atoms with E-state index in [4.69, 9.17) is 4.74 Å². The Bertz CT molecular complexity index is 386. The van der Waals surface area contributed by atoms with Gasteiger partial charge in [-0.15, -0.1) is 0 Å². The molecule has 98 valence electrons. The van der Waals surface area contributed by atoms with Crippen LogP contribution in [-0.2, 0) is 16.0 Å². The lowest BCUT2D eigenvalue weighted by Crippen LogP contribution is -2.44. The number of carbonyl (C=O) groups excluding carboxylic acids is 1. The Morgan fingerprint density at radius 2 is 2.44 bits per heavy atom. The van der Waals surface area contributed by atoms with Gasteiger partial charge < -0.3 is 10.1 Å². The van der Waals surface area contributed by atoms with Gasteiger partial charge in [-0.25, -0.2) is 0 Å². The summed E-state index contributed by atoms with van der Waals surface area (Å²) in [6.07, 6.45) is 5.37. The summed E-state index contributed by atoms with van der Waals surface area (Å²) in [5.74, 6) is 0.0148. The second-order valence-corrected chi connectivity index (χ2v) is 4.86. The van der Waals surface area contributed by atoms with Crippen LogP contribution in [-0.4, -0.2) is 29.6 Å². The molecule has 0 saturated carbocycles. The highest BCUT2D eigenvalue weighted by molar-refractivity contribution is 5.84. The Hall–Kier alpha value is -1.42. The van der Waals surface area contributed by atoms with Crippen LogP contribution in [0.15, 0.2) is 24.4 Å². The van der Waals surface area contributed by atoms with Crippen molar-refractivity contribution in [2.75, 3.05) is 13.2 Å². The molecular weight excluding hydrogens is 228 g/mol. The molecule has 0 aromatic carbocycles. The van der Waals surface area contributed by atoms with Crippen LogP contribution in [0.25, 0.3) is 0 Å². The molecule has 1 aliphatic rings. The predicted molar refractivity (Wildman–Crippen MR) is 69.2 cm³/mol. The summed E-state index contributed by atoms with van der Waals surface area (Å²) in [7, 11) is 0. The van der Waals surface area contributed by atoms with E-state index in [1.807, 2.05) is 25.1 Å². The molecule has 0 aliphatic carbocycles. The molecule has 1 aromatic rings. The zero-order valence-electron chi connectivity index (χ0n) is 10.8. The lowest BCUT2D eigenvalue weighted by Gasteiger charge is -2.21. The van der Waals surface area contributed by atoms with E-state index in [1.165, 1.54) is 0 Å². The largest absolute Gasteiger partial charge is 0.365 e. The Kier molecular flexibility index (Phi) is 4.31. The number of hydrogen-bond acceptors (Lipinski definition) is 3. The van der Waals surface area contributed by atoms with E-state index in [2.05, 4.69) is 10.3 Å². The van der Waals surface area contributed by atoms with Crippen molar-refractivity contribution in [1.29, 1.82) is 0 Å². The number of nitrogens with zero attached hydrogens (tertiary/aromatic N) is 1. The van der Waals surface area contributed by atoms with Gasteiger partial charge in [0.15, 0.2) is 0 Å². The van der Waals surface area contributed by atoms with Crippen LogP contribution < -0.4 is 5.32 Å². The molecule has 1 atom stereocenters. The molecule has 1 fully saturated rings. The van der Waals surface area contributed by atoms with E-state index < -0.39 is 5.60 Å². The van der Waals surface area contributed by atoms with Crippen molar-refractivity contribution in [3.8, 4) is 0 Å². The molecule has 4 heteroatoms. The first-order valence-electron chi connectivity index (χ1n) is 6.53. The lowest BCUT2D eigenvalue weighted by atomic mass is 10.0. The summed E-state index contributed by atoms with van der Waals surface area (Å²) in [5, 5.41) is 2.94. The van der Waals surface area contributed by atoms with Crippen molar-refractivity contribution < 1.29 is 9.53 Å². The number of rotatable bonds is 5. The molecule has 4 nitrogen and oxygen atoms in total. The molecule has 1 amide bonds. The van der Waals surface area contributed by atoms with Gasteiger partial charge in [0.1, 0.15) is 5.60 Å². The number of aromatic nitrogens is 1. The lowest BCUT2D eigenvalue weighted by molar-refractivity contribution is -0.139. The second kappa shape index (κ2) is 5.96. The van der Waals surface area contributed by atoms with Crippen molar-refractivity contribution in [2.45, 2.75) is 38.2 Å². The number of aryl methyl sites for hydroxylation is 1. The SMILES string of the molecule is C[C@@]1(C(=O)NCCCc2ccccn2)CCCO1. The molecule has 1 saturated heterocycles. The van der Waals surface area contributed by atoms with Crippen LogP contribution >= 0.6 is 0 Å². The van der Waals surface area contributed by atoms with E-state index in [0.29, 0.717) is 13.2 Å². The summed E-state index contributed by atoms with van der Waals surface area (Å²) in [4.78, 5) is 16.2. The average Bonchev–Trinajstić information content (AvgIpc) is 2.84. The average molecular weight is 248 g/mol. The number of amides is 1. The molecule has 1 aliphatic heterocycles. The third-order valence-corrected chi connectivity index (χ3v) is 3.32. The fourth-order valence-electron chi connectivity index (χ4n) is 2.16. The number of ether oxygens (including phenoxy) is 1. The van der Waals surface area contributed by atoms with Crippen LogP contribution in [0.4, 0.5) is 0 Å². The van der Waals surface area contributed by atoms with Crippen molar-refractivity contribution in [3.63, 3.8) is 0 Å². The van der Waals surface area contributed by atoms with Gasteiger partial charge in [-0.2, -0.15) is 0 Å². The van der Waals surface area contributed by atoms with Gasteiger partial charge in [0.25, 0.3) is 5.91 Å². The predicted octanol–water partition coefficient (Wildman–Crippen LogP) is 1.70. The molecule has 0 bridgehead atoms. The zero-order valence-corrected chi connectivity index (χ0v) is 10.8. The first kappa shape index (κ1) is 13.0. The number of pyridine rings is 1. The number of carbonyl (C=O) groups is 1. The smallest absolute Gasteiger partial charge is 0.251 e. The standard InChI is InChI=1S/C14H20N2O2/c1-14(8-5-11-18-14)13(17)16-10-4-7-12-6-2-3-9-15-12/h2-3,6,9H,4-5,7-8,10-11H2,1H3,(H,16,17)/t14-/m0/s1. The molecule has 1 N–H and O–H groups in total. The van der Waals surface area contributed by atoms with Crippen LogP contribution in [0.5, 0.6) is 0 Å².